The van der Waals surface area contributed by atoms with E-state index in [1.165, 1.54) is 5.56 Å². The molecular weight excluding hydrogens is 406 g/mol. The van der Waals surface area contributed by atoms with Crippen LogP contribution in [0.3, 0.4) is 0 Å². The van der Waals surface area contributed by atoms with E-state index < -0.39 is 0 Å². The molecule has 5 nitrogen and oxygen atoms in total. The second-order valence-electron chi connectivity index (χ2n) is 8.60. The third-order valence-electron chi connectivity index (χ3n) is 6.15. The molecule has 3 aromatic carbocycles. The number of rotatable bonds is 4. The van der Waals surface area contributed by atoms with E-state index in [0.29, 0.717) is 23.5 Å². The molecule has 4 aromatic rings. The number of benzene rings is 3. The second kappa shape index (κ2) is 8.40. The number of nitriles is 1. The summed E-state index contributed by atoms with van der Waals surface area (Å²) in [4.78, 5) is 7.05. The summed E-state index contributed by atoms with van der Waals surface area (Å²) >= 11 is 0. The zero-order valence-corrected chi connectivity index (χ0v) is 19.0. The molecule has 1 aliphatic rings. The number of aryl methyl sites for hydroxylation is 1. The van der Waals surface area contributed by atoms with Gasteiger partial charge < -0.3 is 4.90 Å². The lowest BCUT2D eigenvalue weighted by molar-refractivity contribution is 0.534. The van der Waals surface area contributed by atoms with Crippen molar-refractivity contribution in [1.29, 1.82) is 5.26 Å². The summed E-state index contributed by atoms with van der Waals surface area (Å²) in [6.45, 7) is 2.05. The average Bonchev–Trinajstić information content (AvgIpc) is 3.23. The maximum Gasteiger partial charge on any atom is 0.170 e. The molecule has 5 rings (SSSR count). The maximum atomic E-state index is 10.1. The van der Waals surface area contributed by atoms with Crippen LogP contribution in [0.5, 0.6) is 0 Å². The minimum absolute atomic E-state index is 0.0461. The fraction of sp³-hybridized carbons (Fsp3) is 0.179. The summed E-state index contributed by atoms with van der Waals surface area (Å²) < 4.78 is 1.94. The van der Waals surface area contributed by atoms with Crippen molar-refractivity contribution in [1.82, 2.24) is 9.78 Å². The van der Waals surface area contributed by atoms with Crippen LogP contribution in [0.4, 0.5) is 11.5 Å². The molecule has 0 fully saturated rings. The second-order valence-corrected chi connectivity index (χ2v) is 8.60. The molecule has 0 saturated heterocycles. The summed E-state index contributed by atoms with van der Waals surface area (Å²) in [7, 11) is 4.07. The Morgan fingerprint density at radius 1 is 0.909 bits per heavy atom. The lowest BCUT2D eigenvalue weighted by Crippen LogP contribution is -2.21. The van der Waals surface area contributed by atoms with Crippen molar-refractivity contribution in [3.05, 3.63) is 101 Å². The van der Waals surface area contributed by atoms with Gasteiger partial charge in [0.15, 0.2) is 5.82 Å². The molecule has 0 saturated carbocycles. The Morgan fingerprint density at radius 3 is 2.24 bits per heavy atom. The fourth-order valence-electron chi connectivity index (χ4n) is 4.28. The molecule has 1 aromatic heterocycles. The van der Waals surface area contributed by atoms with Crippen LogP contribution in [0.1, 0.15) is 34.7 Å². The summed E-state index contributed by atoms with van der Waals surface area (Å²) in [5.41, 5.74) is 7.62. The van der Waals surface area contributed by atoms with Gasteiger partial charge in [-0.05, 0) is 30.2 Å². The number of aliphatic imine (C=N–C) groups is 1. The molecular formula is C28H25N5. The van der Waals surface area contributed by atoms with Crippen molar-refractivity contribution >= 4 is 17.2 Å². The molecule has 0 amide bonds. The van der Waals surface area contributed by atoms with Crippen LogP contribution in [-0.4, -0.2) is 29.6 Å². The molecule has 0 radical (unpaired) electrons. The van der Waals surface area contributed by atoms with Crippen LogP contribution >= 0.6 is 0 Å². The van der Waals surface area contributed by atoms with Gasteiger partial charge in [0.25, 0.3) is 0 Å². The van der Waals surface area contributed by atoms with Gasteiger partial charge in [-0.2, -0.15) is 10.4 Å². The van der Waals surface area contributed by atoms with E-state index >= 15 is 0 Å². The summed E-state index contributed by atoms with van der Waals surface area (Å²) in [6.07, 6.45) is 0.707. The Balaban J connectivity index is 1.69. The van der Waals surface area contributed by atoms with Gasteiger partial charge >= 0.3 is 0 Å². The molecule has 1 atom stereocenters. The quantitative estimate of drug-likeness (QED) is 0.404. The average molecular weight is 432 g/mol. The van der Waals surface area contributed by atoms with E-state index in [9.17, 15) is 5.26 Å². The van der Waals surface area contributed by atoms with Crippen molar-refractivity contribution in [3.8, 4) is 17.3 Å². The van der Waals surface area contributed by atoms with Gasteiger partial charge in [-0.3, -0.25) is 0 Å². The predicted molar refractivity (Wildman–Crippen MR) is 133 cm³/mol. The smallest absolute Gasteiger partial charge is 0.170 e. The minimum Gasteiger partial charge on any atom is -0.378 e. The fourth-order valence-corrected chi connectivity index (χ4v) is 4.28. The highest BCUT2D eigenvalue weighted by atomic mass is 15.4. The van der Waals surface area contributed by atoms with E-state index in [-0.39, 0.29) is 6.04 Å². The third kappa shape index (κ3) is 3.81. The number of hydrogen-bond acceptors (Lipinski definition) is 4. The first kappa shape index (κ1) is 20.7. The molecule has 1 aliphatic heterocycles. The largest absolute Gasteiger partial charge is 0.378 e. The van der Waals surface area contributed by atoms with Gasteiger partial charge in [0.05, 0.1) is 11.8 Å². The first-order valence-corrected chi connectivity index (χ1v) is 11.0. The lowest BCUT2D eigenvalue weighted by Gasteiger charge is -2.25. The van der Waals surface area contributed by atoms with E-state index in [1.54, 1.807) is 0 Å². The highest BCUT2D eigenvalue weighted by Crippen LogP contribution is 2.40. The zero-order valence-electron chi connectivity index (χ0n) is 19.0. The maximum absolute atomic E-state index is 10.1. The van der Waals surface area contributed by atoms with Crippen LogP contribution in [0, 0.1) is 18.3 Å². The van der Waals surface area contributed by atoms with Crippen LogP contribution in [0.2, 0.25) is 0 Å². The predicted octanol–water partition coefficient (Wildman–Crippen LogP) is 5.91. The molecule has 0 bridgehead atoms. The van der Waals surface area contributed by atoms with E-state index in [2.05, 4.69) is 54.3 Å². The monoisotopic (exact) mass is 431 g/mol. The summed E-state index contributed by atoms with van der Waals surface area (Å²) in [5.74, 6) is 0.625. The van der Waals surface area contributed by atoms with Crippen molar-refractivity contribution in [2.45, 2.75) is 19.4 Å². The number of anilines is 1. The number of hydrogen-bond donors (Lipinski definition) is 0. The molecule has 1 unspecified atom stereocenters. The topological polar surface area (TPSA) is 57.2 Å². The minimum atomic E-state index is -0.0461. The Morgan fingerprint density at radius 2 is 1.61 bits per heavy atom. The van der Waals surface area contributed by atoms with Gasteiger partial charge in [0, 0.05) is 31.8 Å². The number of aromatic nitrogens is 2. The molecule has 162 valence electrons. The molecule has 33 heavy (non-hydrogen) atoms. The van der Waals surface area contributed by atoms with Crippen LogP contribution in [0.25, 0.3) is 11.3 Å². The van der Waals surface area contributed by atoms with Gasteiger partial charge in [0.2, 0.25) is 0 Å². The normalized spacial score (nSPS) is 14.8. The molecule has 0 N–H and O–H groups in total. The standard InChI is InChI=1S/C28H25N5/c1-19-9-11-22(12-10-19)27-24(18-29)28-30-25(20-7-5-4-6-8-20)17-26(33(28)31-27)21-13-15-23(16-14-21)32(2)3/h4-16,26H,17H2,1-3H3. The van der Waals surface area contributed by atoms with Crippen molar-refractivity contribution in [3.63, 3.8) is 0 Å². The molecule has 0 spiro atoms. The Kier molecular flexibility index (Phi) is 5.27. The van der Waals surface area contributed by atoms with Crippen molar-refractivity contribution in [2.75, 3.05) is 19.0 Å². The van der Waals surface area contributed by atoms with Crippen molar-refractivity contribution in [2.24, 2.45) is 4.99 Å². The highest BCUT2D eigenvalue weighted by molar-refractivity contribution is 6.03. The van der Waals surface area contributed by atoms with Gasteiger partial charge in [-0.15, -0.1) is 0 Å². The SMILES string of the molecule is Cc1ccc(-c2nn3c(c2C#N)N=C(c2ccccc2)CC3c2ccc(N(C)C)cc2)cc1. The van der Waals surface area contributed by atoms with E-state index in [1.807, 2.05) is 61.2 Å². The van der Waals surface area contributed by atoms with E-state index in [4.69, 9.17) is 10.1 Å². The van der Waals surface area contributed by atoms with Gasteiger partial charge in [0.1, 0.15) is 17.3 Å². The molecule has 5 heteroatoms. The first-order valence-electron chi connectivity index (χ1n) is 11.0. The molecule has 2 heterocycles. The highest BCUT2D eigenvalue weighted by Gasteiger charge is 2.30. The Labute approximate surface area is 194 Å². The van der Waals surface area contributed by atoms with E-state index in [0.717, 1.165) is 28.1 Å². The summed E-state index contributed by atoms with van der Waals surface area (Å²) in [5, 5.41) is 15.1. The van der Waals surface area contributed by atoms with Crippen LogP contribution in [0.15, 0.2) is 83.9 Å². The van der Waals surface area contributed by atoms with Gasteiger partial charge in [-0.1, -0.05) is 72.3 Å². The third-order valence-corrected chi connectivity index (χ3v) is 6.15. The zero-order chi connectivity index (χ0) is 22.9. The van der Waals surface area contributed by atoms with Gasteiger partial charge in [-0.25, -0.2) is 9.67 Å². The van der Waals surface area contributed by atoms with Crippen LogP contribution < -0.4 is 4.90 Å². The first-order chi connectivity index (χ1) is 16.0. The van der Waals surface area contributed by atoms with Crippen LogP contribution in [-0.2, 0) is 0 Å². The number of fused-ring (bicyclic) bond motifs is 1. The van der Waals surface area contributed by atoms with Crippen molar-refractivity contribution < 1.29 is 0 Å². The Hall–Kier alpha value is -4.17. The molecule has 0 aliphatic carbocycles. The lowest BCUT2D eigenvalue weighted by atomic mass is 9.95. The Bertz CT molecular complexity index is 1360. The summed E-state index contributed by atoms with van der Waals surface area (Å²) in [6, 6.07) is 29.2. The number of nitrogens with zero attached hydrogens (tertiary/aromatic N) is 5.